The minimum absolute atomic E-state index is 0.0279. The van der Waals surface area contributed by atoms with Crippen molar-refractivity contribution in [3.63, 3.8) is 0 Å². The monoisotopic (exact) mass is 313 g/mol. The van der Waals surface area contributed by atoms with Gasteiger partial charge in [0.15, 0.2) is 11.5 Å². The van der Waals surface area contributed by atoms with Crippen LogP contribution in [0.3, 0.4) is 0 Å². The minimum Gasteiger partial charge on any atom is -0.493 e. The second-order valence-corrected chi connectivity index (χ2v) is 4.33. The van der Waals surface area contributed by atoms with Crippen molar-refractivity contribution in [2.24, 2.45) is 0 Å². The van der Waals surface area contributed by atoms with Crippen molar-refractivity contribution in [1.82, 2.24) is 0 Å². The van der Waals surface area contributed by atoms with Crippen LogP contribution in [0.2, 0.25) is 0 Å². The van der Waals surface area contributed by atoms with E-state index in [9.17, 15) is 4.79 Å². The van der Waals surface area contributed by atoms with Crippen LogP contribution in [0.25, 0.3) is 0 Å². The van der Waals surface area contributed by atoms with E-state index < -0.39 is 5.97 Å². The van der Waals surface area contributed by atoms with Gasteiger partial charge >= 0.3 is 5.97 Å². The summed E-state index contributed by atoms with van der Waals surface area (Å²) in [6.07, 6.45) is 0.457. The summed E-state index contributed by atoms with van der Waals surface area (Å²) in [5, 5.41) is 0. The van der Waals surface area contributed by atoms with Crippen LogP contribution < -0.4 is 14.2 Å². The van der Waals surface area contributed by atoms with Gasteiger partial charge < -0.3 is 18.9 Å². The van der Waals surface area contributed by atoms with E-state index in [0.29, 0.717) is 23.7 Å². The van der Waals surface area contributed by atoms with Gasteiger partial charge in [0, 0.05) is 13.5 Å². The summed E-state index contributed by atoms with van der Waals surface area (Å²) >= 11 is 0. The van der Waals surface area contributed by atoms with Gasteiger partial charge in [0.05, 0.1) is 33.0 Å². The number of hydrogen-bond acceptors (Lipinski definition) is 7. The first-order chi connectivity index (χ1) is 10.6. The zero-order valence-corrected chi connectivity index (χ0v) is 13.4. The van der Waals surface area contributed by atoms with Gasteiger partial charge in [0.2, 0.25) is 5.75 Å². The molecule has 7 heteroatoms. The van der Waals surface area contributed by atoms with Crippen molar-refractivity contribution in [3.8, 4) is 17.2 Å². The standard InChI is InChI=1S/C15H21O7/c1-10(17-2)6-7-21-22-15(16)11-8-12(18-3)14(20-5)13(9-11)19-4/h7-10H,6H2,1-5H3. The number of hydrogen-bond donors (Lipinski definition) is 0. The summed E-state index contributed by atoms with van der Waals surface area (Å²) < 4.78 is 20.5. The van der Waals surface area contributed by atoms with E-state index in [1.165, 1.54) is 40.1 Å². The fourth-order valence-electron chi connectivity index (χ4n) is 1.60. The van der Waals surface area contributed by atoms with Crippen LogP contribution in [0.5, 0.6) is 17.2 Å². The lowest BCUT2D eigenvalue weighted by molar-refractivity contribution is -0.215. The number of carbonyl (C=O) groups excluding carboxylic acids is 1. The number of carbonyl (C=O) groups is 1. The Balaban J connectivity index is 2.73. The van der Waals surface area contributed by atoms with Crippen LogP contribution in [0.15, 0.2) is 12.1 Å². The molecule has 0 spiro atoms. The summed E-state index contributed by atoms with van der Waals surface area (Å²) in [7, 11) is 5.99. The highest BCUT2D eigenvalue weighted by Gasteiger charge is 2.18. The largest absolute Gasteiger partial charge is 0.493 e. The minimum atomic E-state index is -0.680. The third-order valence-corrected chi connectivity index (χ3v) is 2.92. The Kier molecular flexibility index (Phi) is 7.48. The van der Waals surface area contributed by atoms with Gasteiger partial charge in [-0.15, -0.1) is 0 Å². The van der Waals surface area contributed by atoms with E-state index in [1.807, 2.05) is 6.92 Å². The molecule has 0 bridgehead atoms. The van der Waals surface area contributed by atoms with E-state index in [0.717, 1.165) is 0 Å². The molecule has 0 aliphatic heterocycles. The second kappa shape index (κ2) is 9.11. The highest BCUT2D eigenvalue weighted by molar-refractivity contribution is 5.90. The van der Waals surface area contributed by atoms with E-state index in [4.69, 9.17) is 28.7 Å². The van der Waals surface area contributed by atoms with Crippen molar-refractivity contribution in [2.75, 3.05) is 28.4 Å². The molecule has 22 heavy (non-hydrogen) atoms. The maximum absolute atomic E-state index is 11.9. The van der Waals surface area contributed by atoms with Crippen LogP contribution in [0.4, 0.5) is 0 Å². The topological polar surface area (TPSA) is 72.5 Å². The molecule has 1 atom stereocenters. The van der Waals surface area contributed by atoms with Gasteiger partial charge in [-0.3, -0.25) is 4.89 Å². The predicted octanol–water partition coefficient (Wildman–Crippen LogP) is 2.39. The smallest absolute Gasteiger partial charge is 0.373 e. The molecule has 1 aromatic carbocycles. The predicted molar refractivity (Wildman–Crippen MR) is 78.0 cm³/mol. The third-order valence-electron chi connectivity index (χ3n) is 2.92. The van der Waals surface area contributed by atoms with Crippen molar-refractivity contribution >= 4 is 5.97 Å². The summed E-state index contributed by atoms with van der Waals surface area (Å²) in [5.74, 6) is 0.417. The number of rotatable bonds is 9. The van der Waals surface area contributed by atoms with Crippen LogP contribution >= 0.6 is 0 Å². The van der Waals surface area contributed by atoms with Gasteiger partial charge in [0.1, 0.15) is 6.61 Å². The Labute approximate surface area is 129 Å². The first-order valence-corrected chi connectivity index (χ1v) is 6.59. The molecule has 0 fully saturated rings. The Morgan fingerprint density at radius 1 is 1.09 bits per heavy atom. The maximum Gasteiger partial charge on any atom is 0.373 e. The van der Waals surface area contributed by atoms with Crippen molar-refractivity contribution < 1.29 is 33.5 Å². The van der Waals surface area contributed by atoms with E-state index in [-0.39, 0.29) is 11.7 Å². The molecule has 0 aromatic heterocycles. The van der Waals surface area contributed by atoms with Gasteiger partial charge in [-0.2, -0.15) is 4.89 Å². The van der Waals surface area contributed by atoms with E-state index >= 15 is 0 Å². The summed E-state index contributed by atoms with van der Waals surface area (Å²) in [6.45, 7) is 3.21. The van der Waals surface area contributed by atoms with E-state index in [2.05, 4.69) is 0 Å². The molecule has 0 amide bonds. The van der Waals surface area contributed by atoms with Crippen LogP contribution in [0, 0.1) is 6.61 Å². The van der Waals surface area contributed by atoms with Gasteiger partial charge in [-0.05, 0) is 19.1 Å². The molecule has 0 saturated carbocycles. The molecule has 7 nitrogen and oxygen atoms in total. The average Bonchev–Trinajstić information content (AvgIpc) is 2.56. The fourth-order valence-corrected chi connectivity index (χ4v) is 1.60. The number of benzene rings is 1. The molecule has 1 rings (SSSR count). The summed E-state index contributed by atoms with van der Waals surface area (Å²) in [6, 6.07) is 2.95. The van der Waals surface area contributed by atoms with Crippen LogP contribution in [-0.2, 0) is 14.5 Å². The highest BCUT2D eigenvalue weighted by Crippen LogP contribution is 2.38. The molecule has 0 aliphatic rings. The van der Waals surface area contributed by atoms with Crippen LogP contribution in [-0.4, -0.2) is 40.5 Å². The Hall–Kier alpha value is -1.99. The molecule has 0 saturated heterocycles. The van der Waals surface area contributed by atoms with Gasteiger partial charge in [-0.25, -0.2) is 4.79 Å². The maximum atomic E-state index is 11.9. The summed E-state index contributed by atoms with van der Waals surface area (Å²) in [5.41, 5.74) is 0.211. The first-order valence-electron chi connectivity index (χ1n) is 6.59. The Bertz CT molecular complexity index is 462. The molecule has 1 aromatic rings. The van der Waals surface area contributed by atoms with Gasteiger partial charge in [-0.1, -0.05) is 0 Å². The molecule has 1 radical (unpaired) electrons. The molecule has 0 N–H and O–H groups in total. The van der Waals surface area contributed by atoms with E-state index in [1.54, 1.807) is 7.11 Å². The third kappa shape index (κ3) is 4.78. The zero-order valence-electron chi connectivity index (χ0n) is 13.4. The summed E-state index contributed by atoms with van der Waals surface area (Å²) in [4.78, 5) is 21.4. The van der Waals surface area contributed by atoms with Gasteiger partial charge in [0.25, 0.3) is 0 Å². The molecular formula is C15H21O7. The molecule has 0 aliphatic carbocycles. The molecule has 0 heterocycles. The highest BCUT2D eigenvalue weighted by atomic mass is 17.2. The van der Waals surface area contributed by atoms with Crippen molar-refractivity contribution in [3.05, 3.63) is 24.3 Å². The molecular weight excluding hydrogens is 292 g/mol. The lowest BCUT2D eigenvalue weighted by Crippen LogP contribution is -2.09. The quantitative estimate of drug-likeness (QED) is 0.394. The number of methoxy groups -OCH3 is 4. The van der Waals surface area contributed by atoms with Crippen molar-refractivity contribution in [1.29, 1.82) is 0 Å². The molecule has 123 valence electrons. The Morgan fingerprint density at radius 2 is 1.68 bits per heavy atom. The lowest BCUT2D eigenvalue weighted by Gasteiger charge is -2.13. The first kappa shape index (κ1) is 18.1. The zero-order chi connectivity index (χ0) is 16.5. The van der Waals surface area contributed by atoms with Crippen LogP contribution in [0.1, 0.15) is 23.7 Å². The normalized spacial score (nSPS) is 11.7. The number of ether oxygens (including phenoxy) is 4. The lowest BCUT2D eigenvalue weighted by atomic mass is 10.2. The average molecular weight is 313 g/mol. The van der Waals surface area contributed by atoms with Crippen molar-refractivity contribution in [2.45, 2.75) is 19.4 Å². The fraction of sp³-hybridized carbons (Fsp3) is 0.467. The molecule has 1 unspecified atom stereocenters. The second-order valence-electron chi connectivity index (χ2n) is 4.33. The Morgan fingerprint density at radius 3 is 2.14 bits per heavy atom. The SMILES string of the molecule is COc1cc(C(=O)OO[CH]CC(C)OC)cc(OC)c1OC.